The van der Waals surface area contributed by atoms with Gasteiger partial charge in [-0.25, -0.2) is 13.4 Å². The molecule has 0 bridgehead atoms. The number of carbonyl (C=O) groups excluding carboxylic acids is 1. The number of aromatic nitrogens is 1. The maximum atomic E-state index is 13.8. The molecule has 1 saturated heterocycles. The van der Waals surface area contributed by atoms with E-state index in [-0.39, 0.29) is 10.8 Å². The van der Waals surface area contributed by atoms with Crippen LogP contribution < -0.4 is 4.90 Å². The van der Waals surface area contributed by atoms with E-state index in [9.17, 15) is 13.2 Å². The molecule has 1 atom stereocenters. The highest BCUT2D eigenvalue weighted by Crippen LogP contribution is 2.34. The van der Waals surface area contributed by atoms with Crippen molar-refractivity contribution in [2.75, 3.05) is 18.0 Å². The highest BCUT2D eigenvalue weighted by atomic mass is 32.2. The number of carbonyl (C=O) groups is 1. The Labute approximate surface area is 222 Å². The van der Waals surface area contributed by atoms with Crippen LogP contribution in [0.4, 0.5) is 5.13 Å². The number of thiazole rings is 1. The Kier molecular flexibility index (Phi) is 7.16. The molecule has 0 aliphatic carbocycles. The van der Waals surface area contributed by atoms with Crippen molar-refractivity contribution in [3.63, 3.8) is 0 Å². The van der Waals surface area contributed by atoms with Crippen LogP contribution in [0.25, 0.3) is 10.2 Å². The molecule has 1 amide bonds. The highest BCUT2D eigenvalue weighted by molar-refractivity contribution is 7.89. The molecule has 1 fully saturated rings. The van der Waals surface area contributed by atoms with Crippen LogP contribution in [-0.2, 0) is 16.6 Å². The minimum atomic E-state index is -3.59. The molecule has 1 aromatic heterocycles. The van der Waals surface area contributed by atoms with Gasteiger partial charge < -0.3 is 0 Å². The number of rotatable bonds is 6. The van der Waals surface area contributed by atoms with Crippen molar-refractivity contribution in [1.82, 2.24) is 9.29 Å². The summed E-state index contributed by atoms with van der Waals surface area (Å²) in [5, 5.41) is 0.625. The number of hydrogen-bond donors (Lipinski definition) is 0. The molecule has 6 nitrogen and oxygen atoms in total. The van der Waals surface area contributed by atoms with Crippen LogP contribution in [0.2, 0.25) is 0 Å². The monoisotopic (exact) mass is 533 g/mol. The van der Waals surface area contributed by atoms with E-state index in [0.717, 1.165) is 39.7 Å². The number of benzene rings is 3. The zero-order chi connectivity index (χ0) is 26.2. The molecular weight excluding hydrogens is 502 g/mol. The van der Waals surface area contributed by atoms with Crippen LogP contribution in [-0.4, -0.2) is 36.7 Å². The number of aryl methyl sites for hydroxylation is 2. The smallest absolute Gasteiger partial charge is 0.260 e. The van der Waals surface area contributed by atoms with Gasteiger partial charge >= 0.3 is 0 Å². The van der Waals surface area contributed by atoms with Gasteiger partial charge in [-0.1, -0.05) is 60.7 Å². The molecule has 192 valence electrons. The van der Waals surface area contributed by atoms with Gasteiger partial charge in [0.2, 0.25) is 10.0 Å². The van der Waals surface area contributed by atoms with Gasteiger partial charge in [0.1, 0.15) is 0 Å². The van der Waals surface area contributed by atoms with Gasteiger partial charge in [0.15, 0.2) is 5.13 Å². The summed E-state index contributed by atoms with van der Waals surface area (Å²) in [5.74, 6) is 0.130. The van der Waals surface area contributed by atoms with Gasteiger partial charge in [-0.2, -0.15) is 4.31 Å². The lowest BCUT2D eigenvalue weighted by atomic mass is 10.0. The lowest BCUT2D eigenvalue weighted by Crippen LogP contribution is -2.39. The summed E-state index contributed by atoms with van der Waals surface area (Å²) < 4.78 is 29.0. The van der Waals surface area contributed by atoms with E-state index in [2.05, 4.69) is 19.9 Å². The molecule has 1 aliphatic heterocycles. The first-order valence-electron chi connectivity index (χ1n) is 12.6. The Bertz CT molecular complexity index is 1490. The Morgan fingerprint density at radius 3 is 2.41 bits per heavy atom. The van der Waals surface area contributed by atoms with E-state index in [0.29, 0.717) is 36.2 Å². The molecule has 0 saturated carbocycles. The number of nitrogens with zero attached hydrogens (tertiary/aromatic N) is 3. The first kappa shape index (κ1) is 25.6. The average molecular weight is 534 g/mol. The first-order chi connectivity index (χ1) is 17.7. The Morgan fingerprint density at radius 1 is 1.03 bits per heavy atom. The zero-order valence-electron chi connectivity index (χ0n) is 21.3. The molecular formula is C29H31N3O3S2. The number of amides is 1. The van der Waals surface area contributed by atoms with Gasteiger partial charge in [-0.05, 0) is 73.6 Å². The number of piperidine rings is 1. The van der Waals surface area contributed by atoms with E-state index in [4.69, 9.17) is 4.98 Å². The number of hydrogen-bond acceptors (Lipinski definition) is 5. The molecule has 2 heterocycles. The molecule has 4 aromatic rings. The third-order valence-electron chi connectivity index (χ3n) is 6.95. The van der Waals surface area contributed by atoms with Crippen LogP contribution in [0, 0.1) is 19.8 Å². The maximum Gasteiger partial charge on any atom is 0.260 e. The van der Waals surface area contributed by atoms with E-state index in [1.165, 1.54) is 11.3 Å². The third kappa shape index (κ3) is 5.19. The number of anilines is 1. The minimum absolute atomic E-state index is 0.214. The van der Waals surface area contributed by atoms with Crippen LogP contribution >= 0.6 is 11.3 Å². The van der Waals surface area contributed by atoms with Crippen molar-refractivity contribution < 1.29 is 13.2 Å². The SMILES string of the molecule is Cc1ccc(C)c2sc(N(Cc3ccccc3)C(=O)c3ccc(S(=O)(=O)N4CCCC(C)C4)cc3)nc12. The molecule has 3 aromatic carbocycles. The summed E-state index contributed by atoms with van der Waals surface area (Å²) in [6, 6.07) is 20.3. The van der Waals surface area contributed by atoms with E-state index >= 15 is 0 Å². The average Bonchev–Trinajstić information content (AvgIpc) is 3.36. The largest absolute Gasteiger partial charge is 0.279 e. The second kappa shape index (κ2) is 10.4. The molecule has 37 heavy (non-hydrogen) atoms. The molecule has 0 radical (unpaired) electrons. The van der Waals surface area contributed by atoms with Crippen molar-refractivity contribution in [3.8, 4) is 0 Å². The lowest BCUT2D eigenvalue weighted by Gasteiger charge is -2.30. The number of sulfonamides is 1. The maximum absolute atomic E-state index is 13.8. The van der Waals surface area contributed by atoms with E-state index in [1.54, 1.807) is 33.5 Å². The van der Waals surface area contributed by atoms with Crippen molar-refractivity contribution in [1.29, 1.82) is 0 Å². The van der Waals surface area contributed by atoms with E-state index in [1.807, 2.05) is 43.3 Å². The van der Waals surface area contributed by atoms with Gasteiger partial charge in [-0.3, -0.25) is 9.69 Å². The lowest BCUT2D eigenvalue weighted by molar-refractivity contribution is 0.0985. The standard InChI is InChI=1S/C29H31N3O3S2/c1-20-8-7-17-31(18-20)37(34,35)25-15-13-24(14-16-25)28(33)32(19-23-9-5-4-6-10-23)29-30-26-21(2)11-12-22(3)27(26)36-29/h4-6,9-16,20H,7-8,17-19H2,1-3H3. The third-order valence-corrected chi connectivity index (χ3v) is 10.0. The van der Waals surface area contributed by atoms with Crippen LogP contribution in [0.15, 0.2) is 71.6 Å². The Morgan fingerprint density at radius 2 is 1.73 bits per heavy atom. The Hall–Kier alpha value is -3.07. The predicted octanol–water partition coefficient (Wildman–Crippen LogP) is 6.18. The summed E-state index contributed by atoms with van der Waals surface area (Å²) in [6.45, 7) is 7.59. The molecule has 1 aliphatic rings. The number of fused-ring (bicyclic) bond motifs is 1. The summed E-state index contributed by atoms with van der Waals surface area (Å²) >= 11 is 1.51. The fraction of sp³-hybridized carbons (Fsp3) is 0.310. The minimum Gasteiger partial charge on any atom is -0.279 e. The van der Waals surface area contributed by atoms with E-state index < -0.39 is 10.0 Å². The fourth-order valence-electron chi connectivity index (χ4n) is 4.79. The summed E-state index contributed by atoms with van der Waals surface area (Å²) in [5.41, 5.74) is 4.51. The molecule has 0 N–H and O–H groups in total. The Balaban J connectivity index is 1.48. The summed E-state index contributed by atoms with van der Waals surface area (Å²) in [4.78, 5) is 20.6. The second-order valence-corrected chi connectivity index (χ2v) is 12.8. The van der Waals surface area contributed by atoms with Crippen molar-refractivity contribution >= 4 is 42.6 Å². The molecule has 8 heteroatoms. The molecule has 5 rings (SSSR count). The van der Waals surface area contributed by atoms with Crippen molar-refractivity contribution in [2.45, 2.75) is 45.1 Å². The van der Waals surface area contributed by atoms with Crippen LogP contribution in [0.1, 0.15) is 46.8 Å². The quantitative estimate of drug-likeness (QED) is 0.297. The molecule has 0 spiro atoms. The van der Waals surface area contributed by atoms with Crippen molar-refractivity contribution in [3.05, 3.63) is 89.0 Å². The summed E-state index contributed by atoms with van der Waals surface area (Å²) in [6.07, 6.45) is 1.91. The second-order valence-electron chi connectivity index (χ2n) is 9.89. The van der Waals surface area contributed by atoms with Crippen molar-refractivity contribution in [2.24, 2.45) is 5.92 Å². The van der Waals surface area contributed by atoms with Gasteiger partial charge in [-0.15, -0.1) is 0 Å². The normalized spacial score (nSPS) is 16.7. The van der Waals surface area contributed by atoms with Crippen LogP contribution in [0.5, 0.6) is 0 Å². The highest BCUT2D eigenvalue weighted by Gasteiger charge is 2.29. The van der Waals surface area contributed by atoms with Gasteiger partial charge in [0.05, 0.1) is 21.7 Å². The fourth-order valence-corrected chi connectivity index (χ4v) is 7.50. The zero-order valence-corrected chi connectivity index (χ0v) is 23.0. The first-order valence-corrected chi connectivity index (χ1v) is 14.8. The molecule has 1 unspecified atom stereocenters. The van der Waals surface area contributed by atoms with Crippen LogP contribution in [0.3, 0.4) is 0 Å². The topological polar surface area (TPSA) is 70.6 Å². The van der Waals surface area contributed by atoms with Gasteiger partial charge in [0, 0.05) is 18.7 Å². The predicted molar refractivity (Wildman–Crippen MR) is 150 cm³/mol. The summed E-state index contributed by atoms with van der Waals surface area (Å²) in [7, 11) is -3.59. The van der Waals surface area contributed by atoms with Gasteiger partial charge in [0.25, 0.3) is 5.91 Å².